The molecule has 1 atom stereocenters. The zero-order valence-corrected chi connectivity index (χ0v) is 23.9. The van der Waals surface area contributed by atoms with Gasteiger partial charge in [-0.2, -0.15) is 0 Å². The van der Waals surface area contributed by atoms with Crippen LogP contribution in [0.3, 0.4) is 0 Å². The molecule has 0 saturated heterocycles. The summed E-state index contributed by atoms with van der Waals surface area (Å²) in [6.45, 7) is 9.29. The van der Waals surface area contributed by atoms with Gasteiger partial charge in [-0.1, -0.05) is 84.3 Å². The average molecular weight is 525 g/mol. The smallest absolute Gasteiger partial charge is 0.333 e. The first-order valence-electron chi connectivity index (χ1n) is 13.8. The van der Waals surface area contributed by atoms with Crippen LogP contribution in [0, 0.1) is 5.92 Å². The summed E-state index contributed by atoms with van der Waals surface area (Å²) in [7, 11) is 0. The third-order valence-electron chi connectivity index (χ3n) is 6.35. The van der Waals surface area contributed by atoms with Crippen LogP contribution >= 0.6 is 11.8 Å². The zero-order valence-electron chi connectivity index (χ0n) is 23.1. The van der Waals surface area contributed by atoms with E-state index in [-0.39, 0.29) is 11.1 Å². The van der Waals surface area contributed by atoms with Crippen LogP contribution in [0.4, 0.5) is 0 Å². The van der Waals surface area contributed by atoms with E-state index in [0.29, 0.717) is 30.3 Å². The Morgan fingerprint density at radius 2 is 1.49 bits per heavy atom. The van der Waals surface area contributed by atoms with E-state index in [0.717, 1.165) is 29.1 Å². The lowest BCUT2D eigenvalue weighted by Gasteiger charge is -2.09. The summed E-state index contributed by atoms with van der Waals surface area (Å²) in [6.07, 6.45) is 13.0. The third kappa shape index (κ3) is 12.5. The minimum Gasteiger partial charge on any atom is -0.494 e. The summed E-state index contributed by atoms with van der Waals surface area (Å²) in [5.74, 6) is 0.867. The maximum absolute atomic E-state index is 12.7. The lowest BCUT2D eigenvalue weighted by atomic mass is 10.1. The number of ether oxygens (including phenoxy) is 2. The van der Waals surface area contributed by atoms with Crippen molar-refractivity contribution in [3.8, 4) is 5.75 Å². The molecule has 0 aliphatic carbocycles. The molecule has 2 rings (SSSR count). The van der Waals surface area contributed by atoms with Gasteiger partial charge >= 0.3 is 5.97 Å². The summed E-state index contributed by atoms with van der Waals surface area (Å²) in [5.41, 5.74) is 2.10. The molecule has 0 amide bonds. The summed E-state index contributed by atoms with van der Waals surface area (Å²) in [6, 6.07) is 15.0. The largest absolute Gasteiger partial charge is 0.494 e. The molecule has 202 valence electrons. The fourth-order valence-electron chi connectivity index (χ4n) is 3.67. The summed E-state index contributed by atoms with van der Waals surface area (Å²) >= 11 is 1.19. The van der Waals surface area contributed by atoms with E-state index in [9.17, 15) is 9.59 Å². The second-order valence-electron chi connectivity index (χ2n) is 9.75. The minimum absolute atomic E-state index is 0.0114. The number of thioether (sulfide) groups is 1. The molecule has 37 heavy (non-hydrogen) atoms. The van der Waals surface area contributed by atoms with Gasteiger partial charge in [-0.15, -0.1) is 0 Å². The Hall–Kier alpha value is -2.53. The quantitative estimate of drug-likeness (QED) is 0.0893. The fraction of sp³-hybridized carbons (Fsp3) is 0.500. The molecule has 2 aromatic carbocycles. The van der Waals surface area contributed by atoms with Crippen LogP contribution in [0.1, 0.15) is 101 Å². The summed E-state index contributed by atoms with van der Waals surface area (Å²) in [5, 5.41) is -0.0114. The highest BCUT2D eigenvalue weighted by atomic mass is 32.2. The molecule has 0 bridgehead atoms. The lowest BCUT2D eigenvalue weighted by Crippen LogP contribution is -2.12. The molecule has 0 spiro atoms. The zero-order chi connectivity index (χ0) is 26.9. The van der Waals surface area contributed by atoms with Crippen molar-refractivity contribution < 1.29 is 19.1 Å². The molecule has 0 radical (unpaired) electrons. The predicted molar refractivity (Wildman–Crippen MR) is 155 cm³/mol. The van der Waals surface area contributed by atoms with Crippen LogP contribution < -0.4 is 4.74 Å². The molecule has 0 aromatic heterocycles. The van der Waals surface area contributed by atoms with Crippen LogP contribution in [0.15, 0.2) is 59.0 Å². The van der Waals surface area contributed by atoms with Crippen molar-refractivity contribution in [1.82, 2.24) is 0 Å². The molecule has 0 aliphatic rings. The normalized spacial score (nSPS) is 12.3. The highest BCUT2D eigenvalue weighted by Crippen LogP contribution is 2.25. The molecular formula is C32H44O4S. The van der Waals surface area contributed by atoms with Gasteiger partial charge in [0.25, 0.3) is 0 Å². The Kier molecular flexibility index (Phi) is 14.8. The highest BCUT2D eigenvalue weighted by Gasteiger charge is 2.10. The molecule has 0 unspecified atom stereocenters. The molecule has 0 N–H and O–H groups in total. The number of benzene rings is 2. The van der Waals surface area contributed by atoms with E-state index in [4.69, 9.17) is 9.47 Å². The van der Waals surface area contributed by atoms with Gasteiger partial charge < -0.3 is 9.47 Å². The second kappa shape index (κ2) is 17.8. The van der Waals surface area contributed by atoms with Crippen LogP contribution in [0.25, 0.3) is 6.08 Å². The molecular weight excluding hydrogens is 480 g/mol. The predicted octanol–water partition coefficient (Wildman–Crippen LogP) is 9.13. The highest BCUT2D eigenvalue weighted by molar-refractivity contribution is 8.14. The van der Waals surface area contributed by atoms with Crippen molar-refractivity contribution in [2.45, 2.75) is 90.4 Å². The van der Waals surface area contributed by atoms with E-state index in [1.807, 2.05) is 54.6 Å². The van der Waals surface area contributed by atoms with Crippen molar-refractivity contribution in [3.63, 3.8) is 0 Å². The van der Waals surface area contributed by atoms with E-state index in [2.05, 4.69) is 20.8 Å². The van der Waals surface area contributed by atoms with Crippen molar-refractivity contribution in [1.29, 1.82) is 0 Å². The van der Waals surface area contributed by atoms with Gasteiger partial charge in [0.2, 0.25) is 5.12 Å². The van der Waals surface area contributed by atoms with Crippen molar-refractivity contribution in [2.75, 3.05) is 13.2 Å². The number of hydrogen-bond acceptors (Lipinski definition) is 5. The van der Waals surface area contributed by atoms with E-state index >= 15 is 0 Å². The van der Waals surface area contributed by atoms with Crippen LogP contribution in [-0.2, 0) is 9.53 Å². The Labute approximate surface area is 228 Å². The maximum Gasteiger partial charge on any atom is 0.333 e. The Bertz CT molecular complexity index is 963. The van der Waals surface area contributed by atoms with Gasteiger partial charge in [0.15, 0.2) is 0 Å². The van der Waals surface area contributed by atoms with Crippen molar-refractivity contribution in [2.24, 2.45) is 5.92 Å². The van der Waals surface area contributed by atoms with E-state index in [1.165, 1.54) is 56.7 Å². The Morgan fingerprint density at radius 3 is 2.11 bits per heavy atom. The van der Waals surface area contributed by atoms with Gasteiger partial charge in [0.05, 0.1) is 13.2 Å². The van der Waals surface area contributed by atoms with Crippen molar-refractivity contribution in [3.05, 3.63) is 65.2 Å². The van der Waals surface area contributed by atoms with E-state index in [1.54, 1.807) is 6.92 Å². The molecule has 0 fully saturated rings. The topological polar surface area (TPSA) is 52.6 Å². The second-order valence-corrected chi connectivity index (χ2v) is 10.8. The van der Waals surface area contributed by atoms with Gasteiger partial charge in [-0.3, -0.25) is 4.79 Å². The van der Waals surface area contributed by atoms with Crippen LogP contribution in [-0.4, -0.2) is 24.3 Å². The summed E-state index contributed by atoms with van der Waals surface area (Å²) in [4.78, 5) is 25.7. The van der Waals surface area contributed by atoms with Crippen LogP contribution in [0.2, 0.25) is 0 Å². The fourth-order valence-corrected chi connectivity index (χ4v) is 4.41. The molecule has 0 saturated carbocycles. The SMILES string of the molecule is CCCCCCCCCCOc1ccc(C(=O)Sc2ccc(C=C(C)C(=O)OC[C@@H](C)CC)cc2)cc1. The standard InChI is InChI=1S/C32H44O4S/c1-5-7-8-9-10-11-12-13-22-35-29-18-16-28(17-19-29)32(34)37-30-20-14-27(15-21-30)23-26(4)31(33)36-24-25(3)6-2/h14-21,23,25H,5-13,22,24H2,1-4H3/t25-/m0/s1. The first-order chi connectivity index (χ1) is 17.9. The number of hydrogen-bond donors (Lipinski definition) is 0. The summed E-state index contributed by atoms with van der Waals surface area (Å²) < 4.78 is 11.2. The molecule has 2 aromatic rings. The molecule has 4 nitrogen and oxygen atoms in total. The third-order valence-corrected chi connectivity index (χ3v) is 7.28. The first kappa shape index (κ1) is 30.7. The van der Waals surface area contributed by atoms with Gasteiger partial charge in [-0.05, 0) is 79.1 Å². The molecule has 0 aliphatic heterocycles. The Morgan fingerprint density at radius 1 is 0.865 bits per heavy atom. The molecule has 5 heteroatoms. The first-order valence-corrected chi connectivity index (χ1v) is 14.6. The van der Waals surface area contributed by atoms with Crippen molar-refractivity contribution >= 4 is 28.9 Å². The van der Waals surface area contributed by atoms with Crippen LogP contribution in [0.5, 0.6) is 5.75 Å². The number of rotatable bonds is 17. The average Bonchev–Trinajstić information content (AvgIpc) is 2.91. The number of carbonyl (C=O) groups is 2. The van der Waals surface area contributed by atoms with E-state index < -0.39 is 0 Å². The number of carbonyl (C=O) groups excluding carboxylic acids is 2. The monoisotopic (exact) mass is 524 g/mol. The van der Waals surface area contributed by atoms with Gasteiger partial charge in [0.1, 0.15) is 5.75 Å². The van der Waals surface area contributed by atoms with Gasteiger partial charge in [0, 0.05) is 16.0 Å². The Balaban J connectivity index is 1.74. The lowest BCUT2D eigenvalue weighted by molar-refractivity contribution is -0.140. The number of unbranched alkanes of at least 4 members (excludes halogenated alkanes) is 7. The maximum atomic E-state index is 12.7. The number of esters is 1. The molecule has 0 heterocycles. The minimum atomic E-state index is -0.292. The van der Waals surface area contributed by atoms with Gasteiger partial charge in [-0.25, -0.2) is 4.79 Å².